The minimum atomic E-state index is 0.555. The molecule has 170 valence electrons. The molecule has 0 aliphatic carbocycles. The Labute approximate surface area is 180 Å². The molecule has 1 unspecified atom stereocenters. The highest BCUT2D eigenvalue weighted by molar-refractivity contribution is 5.79. The molecule has 1 heterocycles. The van der Waals surface area contributed by atoms with Crippen molar-refractivity contribution < 1.29 is 23.7 Å². The number of nitrogens with one attached hydrogen (secondary N) is 2. The Bertz CT molecular complexity index is 623. The molecule has 1 aromatic carbocycles. The summed E-state index contributed by atoms with van der Waals surface area (Å²) in [5.41, 5.74) is 0.994. The van der Waals surface area contributed by atoms with E-state index in [1.165, 1.54) is 0 Å². The summed E-state index contributed by atoms with van der Waals surface area (Å²) in [7, 11) is 4.93. The predicted octanol–water partition coefficient (Wildman–Crippen LogP) is 2.25. The normalized spacial score (nSPS) is 16.4. The van der Waals surface area contributed by atoms with E-state index in [0.717, 1.165) is 75.3 Å². The van der Waals surface area contributed by atoms with Gasteiger partial charge in [0.25, 0.3) is 0 Å². The fourth-order valence-corrected chi connectivity index (χ4v) is 3.29. The van der Waals surface area contributed by atoms with E-state index in [4.69, 9.17) is 23.7 Å². The van der Waals surface area contributed by atoms with Crippen LogP contribution in [-0.2, 0) is 15.9 Å². The summed E-state index contributed by atoms with van der Waals surface area (Å²) in [6.45, 7) is 7.47. The van der Waals surface area contributed by atoms with Crippen LogP contribution < -0.4 is 24.8 Å². The first-order valence-electron chi connectivity index (χ1n) is 10.7. The van der Waals surface area contributed by atoms with E-state index >= 15 is 0 Å². The summed E-state index contributed by atoms with van der Waals surface area (Å²) >= 11 is 0. The third-order valence-corrected chi connectivity index (χ3v) is 4.92. The van der Waals surface area contributed by atoms with E-state index < -0.39 is 0 Å². The van der Waals surface area contributed by atoms with Gasteiger partial charge in [0.05, 0.1) is 34.5 Å². The van der Waals surface area contributed by atoms with E-state index in [2.05, 4.69) is 22.5 Å². The largest absolute Gasteiger partial charge is 0.496 e. The first kappa shape index (κ1) is 24.1. The second-order valence-corrected chi connectivity index (χ2v) is 7.11. The van der Waals surface area contributed by atoms with Crippen molar-refractivity contribution in [1.29, 1.82) is 0 Å². The van der Waals surface area contributed by atoms with Gasteiger partial charge in [0.2, 0.25) is 0 Å². The van der Waals surface area contributed by atoms with Crippen LogP contribution in [0.25, 0.3) is 0 Å². The van der Waals surface area contributed by atoms with Crippen LogP contribution in [0, 0.1) is 5.92 Å². The quantitative estimate of drug-likeness (QED) is 0.286. The standard InChI is InChI=1S/C22H37N3O5/c1-5-23-22(24-9-6-11-29-15-17-8-12-30-16-17)25-10-7-19-20(27-3)13-18(26-2)14-21(19)28-4/h13-14,17H,5-12,15-16H2,1-4H3,(H2,23,24,25). The van der Waals surface area contributed by atoms with Gasteiger partial charge in [-0.2, -0.15) is 0 Å². The number of nitrogens with zero attached hydrogens (tertiary/aromatic N) is 1. The van der Waals surface area contributed by atoms with Crippen molar-refractivity contribution in [3.63, 3.8) is 0 Å². The number of ether oxygens (including phenoxy) is 5. The average molecular weight is 424 g/mol. The molecular formula is C22H37N3O5. The molecule has 1 atom stereocenters. The molecule has 0 spiro atoms. The zero-order chi connectivity index (χ0) is 21.6. The van der Waals surface area contributed by atoms with Gasteiger partial charge in [-0.25, -0.2) is 0 Å². The van der Waals surface area contributed by atoms with Gasteiger partial charge in [-0.3, -0.25) is 4.99 Å². The lowest BCUT2D eigenvalue weighted by atomic mass is 10.1. The fourth-order valence-electron chi connectivity index (χ4n) is 3.29. The van der Waals surface area contributed by atoms with Crippen LogP contribution in [0.3, 0.4) is 0 Å². The van der Waals surface area contributed by atoms with Crippen molar-refractivity contribution in [2.24, 2.45) is 10.9 Å². The second-order valence-electron chi connectivity index (χ2n) is 7.11. The summed E-state index contributed by atoms with van der Waals surface area (Å²) in [5.74, 6) is 3.56. The monoisotopic (exact) mass is 423 g/mol. The molecule has 2 rings (SSSR count). The topological polar surface area (TPSA) is 82.6 Å². The average Bonchev–Trinajstić information content (AvgIpc) is 3.29. The van der Waals surface area contributed by atoms with Crippen molar-refractivity contribution in [2.75, 3.05) is 67.4 Å². The van der Waals surface area contributed by atoms with E-state index in [9.17, 15) is 0 Å². The Balaban J connectivity index is 1.78. The molecule has 2 N–H and O–H groups in total. The van der Waals surface area contributed by atoms with Crippen molar-refractivity contribution >= 4 is 5.96 Å². The Kier molecular flexibility index (Phi) is 11.2. The summed E-state index contributed by atoms with van der Waals surface area (Å²) in [5, 5.41) is 6.65. The first-order chi connectivity index (χ1) is 14.7. The first-order valence-corrected chi connectivity index (χ1v) is 10.7. The molecule has 0 radical (unpaired) electrons. The maximum Gasteiger partial charge on any atom is 0.191 e. The maximum absolute atomic E-state index is 5.74. The zero-order valence-electron chi connectivity index (χ0n) is 18.8. The molecule has 1 saturated heterocycles. The summed E-state index contributed by atoms with van der Waals surface area (Å²) in [4.78, 5) is 4.63. The number of benzene rings is 1. The van der Waals surface area contributed by atoms with E-state index in [1.807, 2.05) is 12.1 Å². The Morgan fingerprint density at radius 3 is 2.50 bits per heavy atom. The van der Waals surface area contributed by atoms with Crippen LogP contribution in [0.2, 0.25) is 0 Å². The summed E-state index contributed by atoms with van der Waals surface area (Å²) in [6.07, 6.45) is 2.73. The molecule has 0 bridgehead atoms. The predicted molar refractivity (Wildman–Crippen MR) is 118 cm³/mol. The Morgan fingerprint density at radius 2 is 1.90 bits per heavy atom. The molecule has 1 aromatic rings. The number of hydrogen-bond acceptors (Lipinski definition) is 6. The van der Waals surface area contributed by atoms with Gasteiger partial charge in [0.15, 0.2) is 5.96 Å². The van der Waals surface area contributed by atoms with Gasteiger partial charge < -0.3 is 34.3 Å². The molecule has 8 nitrogen and oxygen atoms in total. The molecular weight excluding hydrogens is 386 g/mol. The molecule has 1 aliphatic rings. The van der Waals surface area contributed by atoms with Crippen LogP contribution in [0.1, 0.15) is 25.3 Å². The number of aliphatic imine (C=N–C) groups is 1. The van der Waals surface area contributed by atoms with Gasteiger partial charge in [-0.05, 0) is 26.2 Å². The van der Waals surface area contributed by atoms with E-state index in [1.54, 1.807) is 21.3 Å². The Morgan fingerprint density at radius 1 is 1.13 bits per heavy atom. The van der Waals surface area contributed by atoms with Crippen molar-refractivity contribution in [3.8, 4) is 17.2 Å². The lowest BCUT2D eigenvalue weighted by Crippen LogP contribution is -2.38. The van der Waals surface area contributed by atoms with Crippen LogP contribution in [0.4, 0.5) is 0 Å². The van der Waals surface area contributed by atoms with Crippen LogP contribution in [-0.4, -0.2) is 73.4 Å². The lowest BCUT2D eigenvalue weighted by molar-refractivity contribution is 0.0893. The highest BCUT2D eigenvalue weighted by atomic mass is 16.5. The molecule has 0 amide bonds. The van der Waals surface area contributed by atoms with Crippen molar-refractivity contribution in [1.82, 2.24) is 10.6 Å². The maximum atomic E-state index is 5.74. The summed E-state index contributed by atoms with van der Waals surface area (Å²) in [6, 6.07) is 3.74. The number of hydrogen-bond donors (Lipinski definition) is 2. The van der Waals surface area contributed by atoms with Crippen LogP contribution in [0.15, 0.2) is 17.1 Å². The molecule has 1 aliphatic heterocycles. The third-order valence-electron chi connectivity index (χ3n) is 4.92. The fraction of sp³-hybridized carbons (Fsp3) is 0.682. The van der Waals surface area contributed by atoms with Crippen LogP contribution >= 0.6 is 0 Å². The molecule has 0 aromatic heterocycles. The van der Waals surface area contributed by atoms with Gasteiger partial charge in [0.1, 0.15) is 17.2 Å². The van der Waals surface area contributed by atoms with Crippen molar-refractivity contribution in [2.45, 2.75) is 26.2 Å². The van der Waals surface area contributed by atoms with Gasteiger partial charge in [-0.1, -0.05) is 0 Å². The molecule has 8 heteroatoms. The Hall–Kier alpha value is -2.19. The van der Waals surface area contributed by atoms with Gasteiger partial charge >= 0.3 is 0 Å². The highest BCUT2D eigenvalue weighted by Gasteiger charge is 2.15. The number of methoxy groups -OCH3 is 3. The van der Waals surface area contributed by atoms with Gasteiger partial charge in [-0.15, -0.1) is 0 Å². The molecule has 30 heavy (non-hydrogen) atoms. The molecule has 0 saturated carbocycles. The SMILES string of the molecule is CCNC(=NCCCOCC1CCOC1)NCCc1c(OC)cc(OC)cc1OC. The minimum absolute atomic E-state index is 0.555. The summed E-state index contributed by atoms with van der Waals surface area (Å²) < 4.78 is 27.5. The number of rotatable bonds is 13. The van der Waals surface area contributed by atoms with E-state index in [-0.39, 0.29) is 0 Å². The number of guanidine groups is 1. The minimum Gasteiger partial charge on any atom is -0.496 e. The lowest BCUT2D eigenvalue weighted by Gasteiger charge is -2.16. The van der Waals surface area contributed by atoms with Crippen molar-refractivity contribution in [3.05, 3.63) is 17.7 Å². The van der Waals surface area contributed by atoms with Gasteiger partial charge in [0, 0.05) is 56.5 Å². The highest BCUT2D eigenvalue weighted by Crippen LogP contribution is 2.34. The van der Waals surface area contributed by atoms with Crippen LogP contribution in [0.5, 0.6) is 17.2 Å². The van der Waals surface area contributed by atoms with E-state index in [0.29, 0.717) is 24.8 Å². The molecule has 1 fully saturated rings. The second kappa shape index (κ2) is 13.9. The zero-order valence-corrected chi connectivity index (χ0v) is 18.8. The third kappa shape index (κ3) is 7.91. The smallest absolute Gasteiger partial charge is 0.191 e.